The van der Waals surface area contributed by atoms with Gasteiger partial charge in [0.05, 0.1) is 15.2 Å². The maximum absolute atomic E-state index is 13.4. The third kappa shape index (κ3) is 4.43. The molecule has 5 rings (SSSR count). The molecule has 2 aliphatic heterocycles. The average molecular weight is 530 g/mol. The fourth-order valence-corrected chi connectivity index (χ4v) is 7.87. The van der Waals surface area contributed by atoms with Crippen molar-refractivity contribution < 1.29 is 19.6 Å². The number of fused-ring (bicyclic) bond motifs is 3. The summed E-state index contributed by atoms with van der Waals surface area (Å²) >= 11 is 8.36. The molecule has 2 heterocycles. The van der Waals surface area contributed by atoms with E-state index in [9.17, 15) is 24.8 Å². The summed E-state index contributed by atoms with van der Waals surface area (Å²) in [7, 11) is 0. The van der Waals surface area contributed by atoms with Crippen molar-refractivity contribution in [2.75, 3.05) is 11.9 Å². The summed E-state index contributed by atoms with van der Waals surface area (Å²) in [6.45, 7) is 2.80. The second kappa shape index (κ2) is 9.94. The molecule has 6 atom stereocenters. The monoisotopic (exact) mass is 529 g/mol. The predicted octanol–water partition coefficient (Wildman–Crippen LogP) is 5.36. The molecule has 0 bridgehead atoms. The second-order valence-electron chi connectivity index (χ2n) is 9.86. The summed E-state index contributed by atoms with van der Waals surface area (Å²) < 4.78 is 0. The van der Waals surface area contributed by atoms with Crippen LogP contribution in [-0.2, 0) is 4.79 Å². The van der Waals surface area contributed by atoms with Crippen LogP contribution in [-0.4, -0.2) is 56.1 Å². The SMILES string of the molecule is C[C@@H]1CCCCN1C(=O)c1ccc2c(c1)[C@H]1[C@@H](Cl)[C@@H](Sc3ccccc3[N+](=O)[O-])C[C@H]1[C@H](C(=O)O)N2. The Morgan fingerprint density at radius 1 is 1.22 bits per heavy atom. The van der Waals surface area contributed by atoms with Crippen LogP contribution >= 0.6 is 23.4 Å². The van der Waals surface area contributed by atoms with E-state index < -0.39 is 22.3 Å². The van der Waals surface area contributed by atoms with Crippen LogP contribution in [0.3, 0.4) is 0 Å². The number of halogens is 1. The highest BCUT2D eigenvalue weighted by atomic mass is 35.5. The van der Waals surface area contributed by atoms with Crippen LogP contribution < -0.4 is 5.32 Å². The first-order valence-corrected chi connectivity index (χ1v) is 13.6. The number of carbonyl (C=O) groups is 2. The summed E-state index contributed by atoms with van der Waals surface area (Å²) in [6.07, 6.45) is 3.57. The molecule has 8 nitrogen and oxygen atoms in total. The van der Waals surface area contributed by atoms with Crippen LogP contribution in [0.5, 0.6) is 0 Å². The Morgan fingerprint density at radius 2 is 2.00 bits per heavy atom. The number of benzene rings is 2. The third-order valence-electron chi connectivity index (χ3n) is 7.73. The van der Waals surface area contributed by atoms with Gasteiger partial charge in [0, 0.05) is 41.1 Å². The minimum absolute atomic E-state index is 0.0121. The predicted molar refractivity (Wildman–Crippen MR) is 139 cm³/mol. The number of carboxylic acids is 1. The summed E-state index contributed by atoms with van der Waals surface area (Å²) in [5, 5.41) is 24.0. The number of nitrogens with one attached hydrogen (secondary N) is 1. The molecular weight excluding hydrogens is 502 g/mol. The van der Waals surface area contributed by atoms with Gasteiger partial charge in [0.25, 0.3) is 11.6 Å². The number of rotatable bonds is 5. The molecule has 1 saturated heterocycles. The third-order valence-corrected chi connectivity index (χ3v) is 9.84. The molecule has 1 aliphatic carbocycles. The normalized spacial score (nSPS) is 29.1. The standard InChI is InChI=1S/C26H28ClN3O5S/c1-14-6-4-5-11-29(14)25(31)15-9-10-18-16(12-15)22-17(24(28-18)26(32)33)13-21(23(22)27)36-20-8-3-2-7-19(20)30(34)35/h2-3,7-10,12,14,17,21-24,28H,4-6,11,13H2,1H3,(H,32,33)/t14-,17-,21+,22-,23+,24-/m1/s1. The molecule has 2 N–H and O–H groups in total. The highest BCUT2D eigenvalue weighted by Gasteiger charge is 2.52. The number of likely N-dealkylation sites (tertiary alicyclic amines) is 1. The van der Waals surface area contributed by atoms with Gasteiger partial charge >= 0.3 is 5.97 Å². The number of nitro groups is 1. The maximum Gasteiger partial charge on any atom is 0.326 e. The quantitative estimate of drug-likeness (QED) is 0.304. The first-order chi connectivity index (χ1) is 17.3. The summed E-state index contributed by atoms with van der Waals surface area (Å²) in [6, 6.07) is 11.3. The second-order valence-corrected chi connectivity index (χ2v) is 11.6. The lowest BCUT2D eigenvalue weighted by Crippen LogP contribution is -2.43. The number of hydrogen-bond donors (Lipinski definition) is 2. The van der Waals surface area contributed by atoms with Crippen molar-refractivity contribution in [3.05, 3.63) is 63.7 Å². The molecule has 1 saturated carbocycles. The summed E-state index contributed by atoms with van der Waals surface area (Å²) in [5.74, 6) is -1.58. The lowest BCUT2D eigenvalue weighted by molar-refractivity contribution is -0.387. The number of alkyl halides is 1. The largest absolute Gasteiger partial charge is 0.480 e. The minimum atomic E-state index is -0.960. The molecule has 0 radical (unpaired) electrons. The lowest BCUT2D eigenvalue weighted by Gasteiger charge is -2.37. The Labute approximate surface area is 218 Å². The molecule has 10 heteroatoms. The molecule has 190 valence electrons. The van der Waals surface area contributed by atoms with E-state index in [1.807, 2.05) is 11.0 Å². The molecule has 0 spiro atoms. The molecule has 2 aromatic carbocycles. The van der Waals surface area contributed by atoms with Gasteiger partial charge in [-0.25, -0.2) is 4.79 Å². The Balaban J connectivity index is 1.48. The van der Waals surface area contributed by atoms with Crippen molar-refractivity contribution in [1.82, 2.24) is 4.90 Å². The Morgan fingerprint density at radius 3 is 2.72 bits per heavy atom. The zero-order valence-corrected chi connectivity index (χ0v) is 21.4. The van der Waals surface area contributed by atoms with E-state index in [1.54, 1.807) is 30.3 Å². The molecule has 0 aromatic heterocycles. The van der Waals surface area contributed by atoms with Crippen LogP contribution in [0.4, 0.5) is 11.4 Å². The number of para-hydroxylation sites is 1. The van der Waals surface area contributed by atoms with Gasteiger partial charge in [-0.3, -0.25) is 14.9 Å². The van der Waals surface area contributed by atoms with Gasteiger partial charge in [-0.05, 0) is 68.4 Å². The van der Waals surface area contributed by atoms with Gasteiger partial charge in [-0.1, -0.05) is 12.1 Å². The van der Waals surface area contributed by atoms with Gasteiger partial charge < -0.3 is 15.3 Å². The molecule has 2 aromatic rings. The van der Waals surface area contributed by atoms with Gasteiger partial charge in [0.1, 0.15) is 6.04 Å². The van der Waals surface area contributed by atoms with Gasteiger partial charge in [0.2, 0.25) is 0 Å². The number of aliphatic carboxylic acids is 1. The Kier molecular flexibility index (Phi) is 6.87. The average Bonchev–Trinajstić information content (AvgIpc) is 3.19. The molecule has 3 aliphatic rings. The number of nitrogens with zero attached hydrogens (tertiary/aromatic N) is 2. The highest BCUT2D eigenvalue weighted by molar-refractivity contribution is 8.00. The van der Waals surface area contributed by atoms with E-state index in [2.05, 4.69) is 12.2 Å². The van der Waals surface area contributed by atoms with E-state index in [0.717, 1.165) is 31.4 Å². The number of carboxylic acid groups (broad SMARTS) is 1. The number of piperidine rings is 1. The zero-order chi connectivity index (χ0) is 25.6. The van der Waals surface area contributed by atoms with E-state index in [4.69, 9.17) is 11.6 Å². The van der Waals surface area contributed by atoms with Gasteiger partial charge in [-0.15, -0.1) is 23.4 Å². The van der Waals surface area contributed by atoms with Crippen LogP contribution in [0.25, 0.3) is 0 Å². The van der Waals surface area contributed by atoms with Crippen molar-refractivity contribution in [2.45, 2.75) is 66.1 Å². The van der Waals surface area contributed by atoms with E-state index in [-0.39, 0.29) is 34.7 Å². The van der Waals surface area contributed by atoms with Crippen molar-refractivity contribution >= 4 is 46.6 Å². The smallest absolute Gasteiger partial charge is 0.326 e. The van der Waals surface area contributed by atoms with Crippen LogP contribution in [0.1, 0.15) is 54.4 Å². The number of carbonyl (C=O) groups excluding carboxylic acids is 1. The first-order valence-electron chi connectivity index (χ1n) is 12.2. The fraction of sp³-hybridized carbons (Fsp3) is 0.462. The van der Waals surface area contributed by atoms with Crippen molar-refractivity contribution in [1.29, 1.82) is 0 Å². The van der Waals surface area contributed by atoms with Crippen molar-refractivity contribution in [3.63, 3.8) is 0 Å². The number of hydrogen-bond acceptors (Lipinski definition) is 6. The number of thioether (sulfide) groups is 1. The number of anilines is 1. The van der Waals surface area contributed by atoms with Crippen molar-refractivity contribution in [3.8, 4) is 0 Å². The summed E-state index contributed by atoms with van der Waals surface area (Å²) in [4.78, 5) is 39.1. The first kappa shape index (κ1) is 24.9. The molecule has 1 amide bonds. The number of amides is 1. The van der Waals surface area contributed by atoms with E-state index in [1.165, 1.54) is 17.8 Å². The van der Waals surface area contributed by atoms with Crippen LogP contribution in [0.15, 0.2) is 47.4 Å². The molecule has 0 unspecified atom stereocenters. The van der Waals surface area contributed by atoms with E-state index in [0.29, 0.717) is 22.6 Å². The van der Waals surface area contributed by atoms with Crippen LogP contribution in [0, 0.1) is 16.0 Å². The Hall–Kier alpha value is -2.78. The summed E-state index contributed by atoms with van der Waals surface area (Å²) in [5.41, 5.74) is 2.11. The molecule has 36 heavy (non-hydrogen) atoms. The zero-order valence-electron chi connectivity index (χ0n) is 19.8. The van der Waals surface area contributed by atoms with E-state index >= 15 is 0 Å². The van der Waals surface area contributed by atoms with Crippen LogP contribution in [0.2, 0.25) is 0 Å². The minimum Gasteiger partial charge on any atom is -0.480 e. The Bertz CT molecular complexity index is 1210. The highest BCUT2D eigenvalue weighted by Crippen LogP contribution is 2.55. The van der Waals surface area contributed by atoms with Gasteiger partial charge in [0.15, 0.2) is 0 Å². The van der Waals surface area contributed by atoms with Gasteiger partial charge in [-0.2, -0.15) is 0 Å². The fourth-order valence-electron chi connectivity index (χ4n) is 5.93. The maximum atomic E-state index is 13.4. The molecule has 2 fully saturated rings. The lowest BCUT2D eigenvalue weighted by atomic mass is 9.79. The topological polar surface area (TPSA) is 113 Å². The number of nitro benzene ring substituents is 1. The van der Waals surface area contributed by atoms with Crippen molar-refractivity contribution in [2.24, 2.45) is 5.92 Å². The molecular formula is C26H28ClN3O5S.